The molecule has 3 rings (SSSR count). The SMILES string of the molecule is CC1=NN(c2ccccc2)C(=O)/C1=C/c1cc(Cl)cc(Br)c1O. The number of halogens is 2. The molecule has 116 valence electrons. The molecule has 1 heterocycles. The highest BCUT2D eigenvalue weighted by Crippen LogP contribution is 2.34. The van der Waals surface area contributed by atoms with Crippen molar-refractivity contribution in [3.05, 3.63) is 63.1 Å². The maximum absolute atomic E-state index is 12.6. The van der Waals surface area contributed by atoms with Crippen molar-refractivity contribution in [2.45, 2.75) is 6.92 Å². The first-order chi connectivity index (χ1) is 11.0. The summed E-state index contributed by atoms with van der Waals surface area (Å²) < 4.78 is 0.469. The molecule has 0 atom stereocenters. The van der Waals surface area contributed by atoms with E-state index in [-0.39, 0.29) is 11.7 Å². The van der Waals surface area contributed by atoms with Gasteiger partial charge in [0.25, 0.3) is 5.91 Å². The minimum Gasteiger partial charge on any atom is -0.506 e. The standard InChI is InChI=1S/C17H12BrClN2O2/c1-10-14(8-11-7-12(19)9-15(18)16(11)22)17(23)21(20-10)13-5-3-2-4-6-13/h2-9,22H,1H3/b14-8+. The first kappa shape index (κ1) is 15.8. The third kappa shape index (κ3) is 3.02. The smallest absolute Gasteiger partial charge is 0.280 e. The molecule has 0 fully saturated rings. The van der Waals surface area contributed by atoms with Crippen LogP contribution in [0.5, 0.6) is 5.75 Å². The molecule has 0 aromatic heterocycles. The fraction of sp³-hybridized carbons (Fsp3) is 0.0588. The van der Waals surface area contributed by atoms with Crippen LogP contribution in [0.15, 0.2) is 57.6 Å². The van der Waals surface area contributed by atoms with E-state index in [9.17, 15) is 9.90 Å². The van der Waals surface area contributed by atoms with Crippen LogP contribution in [-0.4, -0.2) is 16.7 Å². The number of phenolic OH excluding ortho intramolecular Hbond substituents is 1. The van der Waals surface area contributed by atoms with Crippen LogP contribution in [0.1, 0.15) is 12.5 Å². The van der Waals surface area contributed by atoms with Gasteiger partial charge < -0.3 is 5.11 Å². The second-order valence-corrected chi connectivity index (χ2v) is 6.31. The van der Waals surface area contributed by atoms with Gasteiger partial charge in [0.15, 0.2) is 0 Å². The molecule has 0 unspecified atom stereocenters. The van der Waals surface area contributed by atoms with Crippen LogP contribution in [0.4, 0.5) is 5.69 Å². The van der Waals surface area contributed by atoms with Crippen molar-refractivity contribution in [3.8, 4) is 5.75 Å². The molecule has 1 amide bonds. The predicted octanol–water partition coefficient (Wildman–Crippen LogP) is 4.61. The van der Waals surface area contributed by atoms with Gasteiger partial charge in [-0.15, -0.1) is 0 Å². The minimum absolute atomic E-state index is 0.0284. The molecular weight excluding hydrogens is 380 g/mol. The zero-order chi connectivity index (χ0) is 16.6. The van der Waals surface area contributed by atoms with Gasteiger partial charge >= 0.3 is 0 Å². The van der Waals surface area contributed by atoms with Gasteiger partial charge in [0.2, 0.25) is 0 Å². The molecule has 2 aromatic rings. The highest BCUT2D eigenvalue weighted by molar-refractivity contribution is 9.10. The summed E-state index contributed by atoms with van der Waals surface area (Å²) in [5, 5.41) is 16.2. The van der Waals surface area contributed by atoms with Crippen LogP contribution in [-0.2, 0) is 4.79 Å². The monoisotopic (exact) mass is 390 g/mol. The Hall–Kier alpha value is -2.11. The van der Waals surface area contributed by atoms with E-state index in [4.69, 9.17) is 11.6 Å². The number of carbonyl (C=O) groups is 1. The van der Waals surface area contributed by atoms with Gasteiger partial charge in [0, 0.05) is 10.6 Å². The summed E-state index contributed by atoms with van der Waals surface area (Å²) in [5.74, 6) is -0.218. The van der Waals surface area contributed by atoms with Crippen molar-refractivity contribution in [1.29, 1.82) is 0 Å². The van der Waals surface area contributed by atoms with Gasteiger partial charge in [0.1, 0.15) is 5.75 Å². The summed E-state index contributed by atoms with van der Waals surface area (Å²) in [6, 6.07) is 12.4. The molecule has 4 nitrogen and oxygen atoms in total. The molecule has 1 aliphatic rings. The van der Waals surface area contributed by atoms with Gasteiger partial charge in [-0.05, 0) is 53.2 Å². The number of amides is 1. The highest BCUT2D eigenvalue weighted by atomic mass is 79.9. The minimum atomic E-state index is -0.246. The molecule has 23 heavy (non-hydrogen) atoms. The molecule has 0 saturated heterocycles. The van der Waals surface area contributed by atoms with Crippen LogP contribution in [0, 0.1) is 0 Å². The van der Waals surface area contributed by atoms with Crippen LogP contribution in [0.3, 0.4) is 0 Å². The fourth-order valence-electron chi connectivity index (χ4n) is 2.28. The number of benzene rings is 2. The first-order valence-corrected chi connectivity index (χ1v) is 7.99. The zero-order valence-corrected chi connectivity index (χ0v) is 14.5. The number of aromatic hydroxyl groups is 1. The Balaban J connectivity index is 2.02. The third-order valence-electron chi connectivity index (χ3n) is 3.42. The van der Waals surface area contributed by atoms with Crippen LogP contribution in [0.2, 0.25) is 5.02 Å². The predicted molar refractivity (Wildman–Crippen MR) is 95.8 cm³/mol. The second kappa shape index (κ2) is 6.18. The number of anilines is 1. The lowest BCUT2D eigenvalue weighted by molar-refractivity contribution is -0.114. The van der Waals surface area contributed by atoms with E-state index in [0.29, 0.717) is 32.0 Å². The fourth-order valence-corrected chi connectivity index (χ4v) is 3.11. The summed E-state index contributed by atoms with van der Waals surface area (Å²) in [7, 11) is 0. The van der Waals surface area contributed by atoms with E-state index in [0.717, 1.165) is 0 Å². The van der Waals surface area contributed by atoms with E-state index in [1.807, 2.05) is 30.3 Å². The van der Waals surface area contributed by atoms with Crippen molar-refractivity contribution < 1.29 is 9.90 Å². The molecule has 1 aliphatic heterocycles. The number of hydrazone groups is 1. The number of carbonyl (C=O) groups excluding carboxylic acids is 1. The lowest BCUT2D eigenvalue weighted by Crippen LogP contribution is -2.21. The number of hydrogen-bond acceptors (Lipinski definition) is 3. The number of para-hydroxylation sites is 1. The van der Waals surface area contributed by atoms with Crippen LogP contribution in [0.25, 0.3) is 6.08 Å². The van der Waals surface area contributed by atoms with Gasteiger partial charge in [-0.2, -0.15) is 10.1 Å². The first-order valence-electron chi connectivity index (χ1n) is 6.82. The van der Waals surface area contributed by atoms with E-state index in [1.165, 1.54) is 5.01 Å². The maximum atomic E-state index is 12.6. The maximum Gasteiger partial charge on any atom is 0.280 e. The number of hydrogen-bond donors (Lipinski definition) is 1. The summed E-state index contributed by atoms with van der Waals surface area (Å²) in [6.45, 7) is 1.75. The Morgan fingerprint density at radius 2 is 1.96 bits per heavy atom. The van der Waals surface area contributed by atoms with Gasteiger partial charge in [0.05, 0.1) is 21.4 Å². The van der Waals surface area contributed by atoms with Gasteiger partial charge in [-0.3, -0.25) is 4.79 Å². The second-order valence-electron chi connectivity index (χ2n) is 5.02. The average Bonchev–Trinajstić information content (AvgIpc) is 2.81. The molecule has 0 spiro atoms. The summed E-state index contributed by atoms with van der Waals surface area (Å²) in [6.07, 6.45) is 1.59. The van der Waals surface area contributed by atoms with Crippen molar-refractivity contribution in [2.24, 2.45) is 5.10 Å². The van der Waals surface area contributed by atoms with Crippen LogP contribution < -0.4 is 5.01 Å². The molecule has 1 N–H and O–H groups in total. The van der Waals surface area contributed by atoms with E-state index in [2.05, 4.69) is 21.0 Å². The van der Waals surface area contributed by atoms with E-state index < -0.39 is 0 Å². The van der Waals surface area contributed by atoms with E-state index >= 15 is 0 Å². The summed E-state index contributed by atoms with van der Waals surface area (Å²) in [5.41, 5.74) is 2.14. The zero-order valence-electron chi connectivity index (χ0n) is 12.1. The Morgan fingerprint density at radius 3 is 2.65 bits per heavy atom. The van der Waals surface area contributed by atoms with Crippen molar-refractivity contribution >= 4 is 50.9 Å². The van der Waals surface area contributed by atoms with Crippen molar-refractivity contribution in [3.63, 3.8) is 0 Å². The third-order valence-corrected chi connectivity index (χ3v) is 4.24. The number of phenols is 1. The lowest BCUT2D eigenvalue weighted by Gasteiger charge is -2.11. The Kier molecular flexibility index (Phi) is 4.24. The summed E-state index contributed by atoms with van der Waals surface area (Å²) in [4.78, 5) is 12.6. The Labute approximate surface area is 146 Å². The molecular formula is C17H12BrClN2O2. The molecule has 6 heteroatoms. The van der Waals surface area contributed by atoms with Gasteiger partial charge in [-0.25, -0.2) is 0 Å². The molecule has 0 aliphatic carbocycles. The van der Waals surface area contributed by atoms with Crippen molar-refractivity contribution in [2.75, 3.05) is 5.01 Å². The van der Waals surface area contributed by atoms with Gasteiger partial charge in [-0.1, -0.05) is 29.8 Å². The average molecular weight is 392 g/mol. The topological polar surface area (TPSA) is 52.9 Å². The Morgan fingerprint density at radius 1 is 1.26 bits per heavy atom. The summed E-state index contributed by atoms with van der Waals surface area (Å²) >= 11 is 9.24. The highest BCUT2D eigenvalue weighted by Gasteiger charge is 2.28. The largest absolute Gasteiger partial charge is 0.506 e. The quantitative estimate of drug-likeness (QED) is 0.760. The molecule has 0 radical (unpaired) electrons. The molecule has 2 aromatic carbocycles. The van der Waals surface area contributed by atoms with Crippen LogP contribution >= 0.6 is 27.5 Å². The number of nitrogens with zero attached hydrogens (tertiary/aromatic N) is 2. The molecule has 0 saturated carbocycles. The Bertz CT molecular complexity index is 847. The lowest BCUT2D eigenvalue weighted by atomic mass is 10.1. The molecule has 0 bridgehead atoms. The van der Waals surface area contributed by atoms with E-state index in [1.54, 1.807) is 25.1 Å². The normalized spacial score (nSPS) is 16.1. The number of rotatable bonds is 2. The van der Waals surface area contributed by atoms with Crippen molar-refractivity contribution in [1.82, 2.24) is 0 Å².